The normalized spacial score (nSPS) is 26.6. The van der Waals surface area contributed by atoms with Crippen molar-refractivity contribution < 1.29 is 4.79 Å². The number of nitrogens with zero attached hydrogens (tertiary/aromatic N) is 2. The van der Waals surface area contributed by atoms with Gasteiger partial charge in [-0.05, 0) is 18.8 Å². The van der Waals surface area contributed by atoms with E-state index < -0.39 is 0 Å². The van der Waals surface area contributed by atoms with Crippen LogP contribution in [0.25, 0.3) is 0 Å². The zero-order valence-electron chi connectivity index (χ0n) is 10.9. The molecule has 1 heterocycles. The van der Waals surface area contributed by atoms with Gasteiger partial charge >= 0.3 is 0 Å². The first-order chi connectivity index (χ1) is 9.31. The molecule has 0 aromatic heterocycles. The SMILES string of the molecule is N#CCNC(=O)[C@@H]1CCCC[C@@H]1CSC1=NCCS1. The molecule has 1 aliphatic heterocycles. The summed E-state index contributed by atoms with van der Waals surface area (Å²) in [5, 5.41) is 11.3. The first-order valence-corrected chi connectivity index (χ1v) is 8.73. The smallest absolute Gasteiger partial charge is 0.224 e. The molecule has 19 heavy (non-hydrogen) atoms. The van der Waals surface area contributed by atoms with Crippen molar-refractivity contribution in [1.82, 2.24) is 5.32 Å². The van der Waals surface area contributed by atoms with E-state index in [1.165, 1.54) is 10.8 Å². The number of carbonyl (C=O) groups is 1. The number of amides is 1. The maximum absolute atomic E-state index is 12.1. The molecule has 1 amide bonds. The molecule has 6 heteroatoms. The Kier molecular flexibility index (Phi) is 6.05. The molecule has 0 aromatic carbocycles. The minimum atomic E-state index is 0.0628. The molecule has 0 radical (unpaired) electrons. The van der Waals surface area contributed by atoms with Gasteiger partial charge in [-0.15, -0.1) is 0 Å². The summed E-state index contributed by atoms with van der Waals surface area (Å²) in [6.07, 6.45) is 4.42. The Bertz CT molecular complexity index is 392. The van der Waals surface area contributed by atoms with E-state index in [0.717, 1.165) is 37.3 Å². The van der Waals surface area contributed by atoms with Gasteiger partial charge in [-0.3, -0.25) is 9.79 Å². The maximum atomic E-state index is 12.1. The van der Waals surface area contributed by atoms with Gasteiger partial charge in [0.05, 0.1) is 12.6 Å². The fourth-order valence-corrected chi connectivity index (χ4v) is 4.86. The van der Waals surface area contributed by atoms with Crippen LogP contribution in [0.2, 0.25) is 0 Å². The van der Waals surface area contributed by atoms with Crippen LogP contribution in [0.4, 0.5) is 0 Å². The van der Waals surface area contributed by atoms with Crippen LogP contribution in [-0.4, -0.2) is 34.9 Å². The first-order valence-electron chi connectivity index (χ1n) is 6.76. The number of nitrogens with one attached hydrogen (secondary N) is 1. The molecule has 4 nitrogen and oxygen atoms in total. The summed E-state index contributed by atoms with van der Waals surface area (Å²) in [5.74, 6) is 2.66. The fourth-order valence-electron chi connectivity index (χ4n) is 2.59. The van der Waals surface area contributed by atoms with Crippen molar-refractivity contribution in [3.63, 3.8) is 0 Å². The average Bonchev–Trinajstić information content (AvgIpc) is 2.96. The van der Waals surface area contributed by atoms with E-state index in [-0.39, 0.29) is 18.4 Å². The van der Waals surface area contributed by atoms with Gasteiger partial charge in [-0.25, -0.2) is 0 Å². The second-order valence-corrected chi connectivity index (χ2v) is 7.18. The molecule has 1 aliphatic carbocycles. The predicted molar refractivity (Wildman–Crippen MR) is 81.3 cm³/mol. The monoisotopic (exact) mass is 297 g/mol. The predicted octanol–water partition coefficient (Wildman–Crippen LogP) is 2.27. The zero-order chi connectivity index (χ0) is 13.5. The number of thioether (sulfide) groups is 2. The van der Waals surface area contributed by atoms with E-state index in [2.05, 4.69) is 10.3 Å². The molecule has 0 spiro atoms. The molecular weight excluding hydrogens is 278 g/mol. The Labute approximate surface area is 122 Å². The molecule has 1 saturated carbocycles. The van der Waals surface area contributed by atoms with Crippen molar-refractivity contribution in [3.05, 3.63) is 0 Å². The Morgan fingerprint density at radius 1 is 1.53 bits per heavy atom. The van der Waals surface area contributed by atoms with Crippen molar-refractivity contribution in [3.8, 4) is 6.07 Å². The van der Waals surface area contributed by atoms with Crippen LogP contribution in [0, 0.1) is 23.2 Å². The molecule has 1 fully saturated rings. The van der Waals surface area contributed by atoms with Crippen molar-refractivity contribution >= 4 is 33.8 Å². The van der Waals surface area contributed by atoms with Gasteiger partial charge in [0.2, 0.25) is 5.91 Å². The Morgan fingerprint density at radius 3 is 3.11 bits per heavy atom. The third kappa shape index (κ3) is 4.43. The van der Waals surface area contributed by atoms with Gasteiger partial charge in [0.25, 0.3) is 0 Å². The third-order valence-electron chi connectivity index (χ3n) is 3.57. The molecule has 2 rings (SSSR count). The number of nitriles is 1. The van der Waals surface area contributed by atoms with E-state index in [1.807, 2.05) is 17.8 Å². The van der Waals surface area contributed by atoms with E-state index in [1.54, 1.807) is 11.8 Å². The third-order valence-corrected chi connectivity index (χ3v) is 6.01. The molecule has 1 N–H and O–H groups in total. The molecule has 104 valence electrons. The van der Waals surface area contributed by atoms with Crippen LogP contribution in [0.3, 0.4) is 0 Å². The number of rotatable bonds is 4. The lowest BCUT2D eigenvalue weighted by Gasteiger charge is -2.30. The summed E-state index contributed by atoms with van der Waals surface area (Å²) in [6.45, 7) is 1.06. The van der Waals surface area contributed by atoms with Gasteiger partial charge in [0.15, 0.2) is 0 Å². The number of aliphatic imine (C=N–C) groups is 1. The van der Waals surface area contributed by atoms with Crippen LogP contribution in [0.5, 0.6) is 0 Å². The number of hydrogen-bond donors (Lipinski definition) is 1. The summed E-state index contributed by atoms with van der Waals surface area (Å²) in [5.41, 5.74) is 0. The topological polar surface area (TPSA) is 65.2 Å². The van der Waals surface area contributed by atoms with E-state index >= 15 is 0 Å². The lowest BCUT2D eigenvalue weighted by molar-refractivity contribution is -0.127. The van der Waals surface area contributed by atoms with Crippen LogP contribution in [0.1, 0.15) is 25.7 Å². The summed E-state index contributed by atoms with van der Waals surface area (Å²) >= 11 is 3.63. The molecule has 2 atom stereocenters. The maximum Gasteiger partial charge on any atom is 0.224 e. The van der Waals surface area contributed by atoms with Crippen LogP contribution < -0.4 is 5.32 Å². The summed E-state index contributed by atoms with van der Waals surface area (Å²) in [4.78, 5) is 16.5. The minimum absolute atomic E-state index is 0.0628. The molecule has 0 saturated heterocycles. The van der Waals surface area contributed by atoms with Crippen molar-refractivity contribution in [1.29, 1.82) is 5.26 Å². The highest BCUT2D eigenvalue weighted by atomic mass is 32.2. The van der Waals surface area contributed by atoms with E-state index in [4.69, 9.17) is 5.26 Å². The fraction of sp³-hybridized carbons (Fsp3) is 0.769. The van der Waals surface area contributed by atoms with Crippen LogP contribution >= 0.6 is 23.5 Å². The molecule has 0 aromatic rings. The molecule has 0 bridgehead atoms. The largest absolute Gasteiger partial charge is 0.343 e. The van der Waals surface area contributed by atoms with Gasteiger partial charge in [-0.1, -0.05) is 36.4 Å². The molecular formula is C13H19N3OS2. The minimum Gasteiger partial charge on any atom is -0.343 e. The second kappa shape index (κ2) is 7.81. The van der Waals surface area contributed by atoms with E-state index in [9.17, 15) is 4.79 Å². The standard InChI is InChI=1S/C13H19N3OS2/c14-5-6-15-12(17)11-4-2-1-3-10(11)9-19-13-16-7-8-18-13/h10-11H,1-4,6-9H2,(H,15,17)/t10-,11-/m1/s1. The average molecular weight is 297 g/mol. The summed E-state index contributed by atoms with van der Waals surface area (Å²) < 4.78 is 1.18. The van der Waals surface area contributed by atoms with Gasteiger partial charge < -0.3 is 5.32 Å². The first kappa shape index (κ1) is 14.7. The lowest BCUT2D eigenvalue weighted by atomic mass is 9.80. The highest BCUT2D eigenvalue weighted by Crippen LogP contribution is 2.34. The zero-order valence-corrected chi connectivity index (χ0v) is 12.6. The summed E-state index contributed by atoms with van der Waals surface area (Å²) in [6, 6.07) is 1.97. The van der Waals surface area contributed by atoms with Crippen molar-refractivity contribution in [2.24, 2.45) is 16.8 Å². The highest BCUT2D eigenvalue weighted by molar-refractivity contribution is 8.39. The number of hydrogen-bond acceptors (Lipinski definition) is 5. The Balaban J connectivity index is 1.84. The van der Waals surface area contributed by atoms with Crippen LogP contribution in [-0.2, 0) is 4.79 Å². The highest BCUT2D eigenvalue weighted by Gasteiger charge is 2.31. The summed E-state index contributed by atoms with van der Waals surface area (Å²) in [7, 11) is 0. The Morgan fingerprint density at radius 2 is 2.37 bits per heavy atom. The quantitative estimate of drug-likeness (QED) is 0.808. The Hall–Kier alpha value is -0.670. The van der Waals surface area contributed by atoms with Crippen LogP contribution in [0.15, 0.2) is 4.99 Å². The lowest BCUT2D eigenvalue weighted by Crippen LogP contribution is -2.37. The van der Waals surface area contributed by atoms with Crippen molar-refractivity contribution in [2.75, 3.05) is 24.6 Å². The number of carbonyl (C=O) groups excluding carboxylic acids is 1. The van der Waals surface area contributed by atoms with Gasteiger partial charge in [-0.2, -0.15) is 5.26 Å². The molecule has 2 aliphatic rings. The molecule has 0 unspecified atom stereocenters. The second-order valence-electron chi connectivity index (χ2n) is 4.83. The van der Waals surface area contributed by atoms with Gasteiger partial charge in [0.1, 0.15) is 10.9 Å². The van der Waals surface area contributed by atoms with Crippen molar-refractivity contribution in [2.45, 2.75) is 25.7 Å². The van der Waals surface area contributed by atoms with Gasteiger partial charge in [0, 0.05) is 17.4 Å². The van der Waals surface area contributed by atoms with E-state index in [0.29, 0.717) is 5.92 Å².